The van der Waals surface area contributed by atoms with Crippen molar-refractivity contribution in [2.24, 2.45) is 0 Å². The molecule has 54 heavy (non-hydrogen) atoms. The van der Waals surface area contributed by atoms with Gasteiger partial charge in [0.1, 0.15) is 5.75 Å². The summed E-state index contributed by atoms with van der Waals surface area (Å²) in [5.41, 5.74) is 9.80. The van der Waals surface area contributed by atoms with Crippen molar-refractivity contribution in [1.82, 2.24) is 0 Å². The highest BCUT2D eigenvalue weighted by Gasteiger charge is 2.46. The minimum absolute atomic E-state index is 0.265. The van der Waals surface area contributed by atoms with Crippen molar-refractivity contribution in [3.05, 3.63) is 145 Å². The van der Waals surface area contributed by atoms with Crippen LogP contribution in [0.2, 0.25) is 0 Å². The molecule has 0 bridgehead atoms. The maximum atomic E-state index is 14.4. The van der Waals surface area contributed by atoms with Crippen LogP contribution in [-0.2, 0) is 10.8 Å². The highest BCUT2D eigenvalue weighted by Crippen LogP contribution is 2.51. The number of ether oxygens (including phenoxy) is 1. The zero-order valence-corrected chi connectivity index (χ0v) is 31.2. The molecule has 2 aliphatic heterocycles. The Morgan fingerprint density at radius 3 is 1.31 bits per heavy atom. The zero-order chi connectivity index (χ0) is 37.7. The van der Waals surface area contributed by atoms with E-state index in [9.17, 15) is 13.2 Å². The van der Waals surface area contributed by atoms with Crippen LogP contribution in [0.3, 0.4) is 0 Å². The average molecular weight is 717 g/mol. The van der Waals surface area contributed by atoms with Gasteiger partial charge in [-0.3, -0.25) is 0 Å². The fourth-order valence-electron chi connectivity index (χ4n) is 8.79. The molecular formula is C47H40BF3N2O. The van der Waals surface area contributed by atoms with Crippen LogP contribution in [-0.4, -0.2) is 13.1 Å². The summed E-state index contributed by atoms with van der Waals surface area (Å²) < 4.78 is 48.2. The van der Waals surface area contributed by atoms with E-state index in [1.54, 1.807) is 12.1 Å². The van der Waals surface area contributed by atoms with Gasteiger partial charge >= 0.3 is 6.36 Å². The number of hydrogen-bond donors (Lipinski definition) is 0. The standard InChI is InChI=1S/C47H40BF3N2O/c1-45(2,3)34-19-11-13-21-38(34)52-40-27-31(54-47(49,50)51)28-41-42(40)48(36-25-23-29-15-7-9-17-32(29)43(36)52)37-26-24-30-16-8-10-18-33(30)44(37)53(41)39-22-14-12-20-35(39)46(4,5)6/h7-28H,1-6H3. The van der Waals surface area contributed by atoms with Gasteiger partial charge in [-0.1, -0.05) is 151 Å². The highest BCUT2D eigenvalue weighted by atomic mass is 19.4. The molecule has 0 spiro atoms. The van der Waals surface area contributed by atoms with Crippen LogP contribution in [0, 0.1) is 0 Å². The normalized spacial score (nSPS) is 13.9. The zero-order valence-electron chi connectivity index (χ0n) is 31.2. The molecule has 3 nitrogen and oxygen atoms in total. The molecule has 0 unspecified atom stereocenters. The molecule has 268 valence electrons. The Morgan fingerprint density at radius 2 is 0.889 bits per heavy atom. The maximum absolute atomic E-state index is 14.4. The maximum Gasteiger partial charge on any atom is 0.573 e. The number of anilines is 6. The van der Waals surface area contributed by atoms with Crippen molar-refractivity contribution in [2.45, 2.75) is 58.7 Å². The lowest BCUT2D eigenvalue weighted by molar-refractivity contribution is -0.274. The Balaban J connectivity index is 1.50. The van der Waals surface area contributed by atoms with Gasteiger partial charge in [0.05, 0.1) is 0 Å². The average Bonchev–Trinajstić information content (AvgIpc) is 3.13. The number of hydrogen-bond acceptors (Lipinski definition) is 3. The second-order valence-electron chi connectivity index (χ2n) is 16.5. The van der Waals surface area contributed by atoms with E-state index >= 15 is 0 Å². The molecule has 0 saturated heterocycles. The SMILES string of the molecule is CC(C)(C)c1ccccc1N1c2cc(OC(F)(F)F)cc3c2B(c2ccc4ccccc4c21)c1ccc2ccccc2c1N3c1ccccc1C(C)(C)C. The lowest BCUT2D eigenvalue weighted by atomic mass is 9.33. The summed E-state index contributed by atoms with van der Waals surface area (Å²) in [6.07, 6.45) is -4.90. The summed E-state index contributed by atoms with van der Waals surface area (Å²) in [6, 6.07) is 45.1. The number of halogens is 3. The molecule has 9 rings (SSSR count). The summed E-state index contributed by atoms with van der Waals surface area (Å²) in [6.45, 7) is 12.8. The van der Waals surface area contributed by atoms with E-state index in [0.717, 1.165) is 71.8 Å². The molecule has 0 aromatic heterocycles. The molecule has 7 heteroatoms. The third-order valence-electron chi connectivity index (χ3n) is 11.0. The van der Waals surface area contributed by atoms with Crippen LogP contribution >= 0.6 is 0 Å². The Morgan fingerprint density at radius 1 is 0.481 bits per heavy atom. The van der Waals surface area contributed by atoms with Gasteiger partial charge in [-0.05, 0) is 61.3 Å². The first-order valence-electron chi connectivity index (χ1n) is 18.5. The number of alkyl halides is 3. The Labute approximate surface area is 314 Å². The number of para-hydroxylation sites is 2. The highest BCUT2D eigenvalue weighted by molar-refractivity contribution is 7.00. The summed E-state index contributed by atoms with van der Waals surface area (Å²) in [5.74, 6) is -0.265. The predicted octanol–water partition coefficient (Wildman–Crippen LogP) is 11.6. The minimum Gasteiger partial charge on any atom is -0.406 e. The van der Waals surface area contributed by atoms with Crippen molar-refractivity contribution in [1.29, 1.82) is 0 Å². The summed E-state index contributed by atoms with van der Waals surface area (Å²) >= 11 is 0. The molecule has 7 aromatic rings. The van der Waals surface area contributed by atoms with Crippen molar-refractivity contribution in [3.8, 4) is 5.75 Å². The van der Waals surface area contributed by atoms with Crippen LogP contribution in [0.25, 0.3) is 21.5 Å². The van der Waals surface area contributed by atoms with E-state index in [1.165, 1.54) is 0 Å². The van der Waals surface area contributed by atoms with Gasteiger partial charge in [-0.15, -0.1) is 13.2 Å². The molecule has 2 aliphatic rings. The van der Waals surface area contributed by atoms with Gasteiger partial charge < -0.3 is 14.5 Å². The lowest BCUT2D eigenvalue weighted by Crippen LogP contribution is -2.61. The monoisotopic (exact) mass is 716 g/mol. The topological polar surface area (TPSA) is 15.7 Å². The fourth-order valence-corrected chi connectivity index (χ4v) is 8.79. The van der Waals surface area contributed by atoms with Gasteiger partial charge in [0.15, 0.2) is 0 Å². The number of benzene rings is 7. The van der Waals surface area contributed by atoms with E-state index in [2.05, 4.69) is 124 Å². The molecule has 0 aliphatic carbocycles. The first-order valence-corrected chi connectivity index (χ1v) is 18.5. The number of fused-ring (bicyclic) bond motifs is 8. The largest absolute Gasteiger partial charge is 0.573 e. The molecule has 0 atom stereocenters. The van der Waals surface area contributed by atoms with Crippen LogP contribution < -0.4 is 30.9 Å². The number of rotatable bonds is 3. The molecule has 7 aromatic carbocycles. The Hall–Kier alpha value is -5.69. The van der Waals surface area contributed by atoms with Crippen LogP contribution in [0.15, 0.2) is 133 Å². The lowest BCUT2D eigenvalue weighted by Gasteiger charge is -2.46. The quantitative estimate of drug-likeness (QED) is 0.169. The van der Waals surface area contributed by atoms with Crippen molar-refractivity contribution >= 4 is 78.8 Å². The van der Waals surface area contributed by atoms with E-state index in [-0.39, 0.29) is 23.3 Å². The predicted molar refractivity (Wildman–Crippen MR) is 220 cm³/mol. The smallest absolute Gasteiger partial charge is 0.406 e. The Kier molecular flexibility index (Phi) is 7.52. The summed E-state index contributed by atoms with van der Waals surface area (Å²) in [4.78, 5) is 4.41. The molecule has 0 radical (unpaired) electrons. The van der Waals surface area contributed by atoms with Crippen molar-refractivity contribution in [2.75, 3.05) is 9.80 Å². The first-order chi connectivity index (χ1) is 25.7. The summed E-state index contributed by atoms with van der Waals surface area (Å²) in [5, 5.41) is 4.15. The van der Waals surface area contributed by atoms with Crippen LogP contribution in [0.1, 0.15) is 52.7 Å². The van der Waals surface area contributed by atoms with Gasteiger partial charge in [0, 0.05) is 57.0 Å². The second kappa shape index (κ2) is 11.9. The van der Waals surface area contributed by atoms with Crippen LogP contribution in [0.4, 0.5) is 47.3 Å². The fraction of sp³-hybridized carbons (Fsp3) is 0.191. The van der Waals surface area contributed by atoms with Gasteiger partial charge in [0.25, 0.3) is 6.71 Å². The van der Waals surface area contributed by atoms with E-state index in [4.69, 9.17) is 4.74 Å². The Bertz CT molecular complexity index is 2470. The third kappa shape index (κ3) is 5.35. The van der Waals surface area contributed by atoms with Gasteiger partial charge in [-0.2, -0.15) is 0 Å². The van der Waals surface area contributed by atoms with E-state index < -0.39 is 6.36 Å². The first kappa shape index (κ1) is 34.1. The van der Waals surface area contributed by atoms with Crippen molar-refractivity contribution in [3.63, 3.8) is 0 Å². The molecule has 0 fully saturated rings. The molecule has 0 N–H and O–H groups in total. The number of nitrogens with zero attached hydrogens (tertiary/aromatic N) is 2. The molecular weight excluding hydrogens is 676 g/mol. The summed E-state index contributed by atoms with van der Waals surface area (Å²) in [7, 11) is 0. The van der Waals surface area contributed by atoms with Crippen LogP contribution in [0.5, 0.6) is 5.75 Å². The van der Waals surface area contributed by atoms with Crippen molar-refractivity contribution < 1.29 is 17.9 Å². The molecule has 0 amide bonds. The second-order valence-corrected chi connectivity index (χ2v) is 16.5. The van der Waals surface area contributed by atoms with E-state index in [0.29, 0.717) is 11.4 Å². The minimum atomic E-state index is -4.90. The molecule has 0 saturated carbocycles. The van der Waals surface area contributed by atoms with E-state index in [1.807, 2.05) is 48.5 Å². The van der Waals surface area contributed by atoms with Gasteiger partial charge in [0.2, 0.25) is 0 Å². The third-order valence-corrected chi connectivity index (χ3v) is 11.0. The van der Waals surface area contributed by atoms with Gasteiger partial charge in [-0.25, -0.2) is 0 Å². The molecule has 2 heterocycles.